The monoisotopic (exact) mass is 380 g/mol. The van der Waals surface area contributed by atoms with E-state index in [-0.39, 0.29) is 17.4 Å². The Morgan fingerprint density at radius 1 is 1.14 bits per heavy atom. The maximum absolute atomic E-state index is 12.8. The lowest BCUT2D eigenvalue weighted by molar-refractivity contribution is -0.140. The lowest BCUT2D eigenvalue weighted by Gasteiger charge is -2.24. The van der Waals surface area contributed by atoms with E-state index in [2.05, 4.69) is 4.98 Å². The van der Waals surface area contributed by atoms with Crippen LogP contribution >= 0.6 is 0 Å². The number of amides is 1. The Hall–Kier alpha value is -2.99. The van der Waals surface area contributed by atoms with Gasteiger partial charge in [-0.3, -0.25) is 14.6 Å². The Kier molecular flexibility index (Phi) is 6.21. The molecule has 0 bridgehead atoms. The number of likely N-dealkylation sites (tertiary alicyclic amines) is 1. The van der Waals surface area contributed by atoms with Crippen molar-refractivity contribution >= 4 is 17.4 Å². The number of aliphatic hydroxyl groups excluding tert-OH is 1. The van der Waals surface area contributed by atoms with E-state index in [0.29, 0.717) is 30.8 Å². The van der Waals surface area contributed by atoms with E-state index in [4.69, 9.17) is 4.74 Å². The van der Waals surface area contributed by atoms with Crippen LogP contribution in [0.25, 0.3) is 5.76 Å². The van der Waals surface area contributed by atoms with E-state index >= 15 is 0 Å². The summed E-state index contributed by atoms with van der Waals surface area (Å²) in [5, 5.41) is 10.8. The number of rotatable bonds is 7. The summed E-state index contributed by atoms with van der Waals surface area (Å²) in [5.74, 6) is -1.50. The number of pyridine rings is 1. The van der Waals surface area contributed by atoms with Crippen LogP contribution in [0.2, 0.25) is 0 Å². The van der Waals surface area contributed by atoms with Gasteiger partial charge in [0.25, 0.3) is 11.7 Å². The minimum Gasteiger partial charge on any atom is -0.507 e. The van der Waals surface area contributed by atoms with Gasteiger partial charge < -0.3 is 14.7 Å². The number of ketones is 1. The summed E-state index contributed by atoms with van der Waals surface area (Å²) < 4.78 is 5.55. The average molecular weight is 380 g/mol. The number of carbonyl (C=O) groups excluding carboxylic acids is 2. The lowest BCUT2D eigenvalue weighted by atomic mass is 9.98. The van der Waals surface area contributed by atoms with Crippen LogP contribution in [0.4, 0.5) is 0 Å². The summed E-state index contributed by atoms with van der Waals surface area (Å²) in [6.07, 6.45) is 2.29. The normalized spacial score (nSPS) is 18.8. The molecule has 1 N–H and O–H groups in total. The smallest absolute Gasteiger partial charge is 0.295 e. The molecular formula is C22H24N2O4. The van der Waals surface area contributed by atoms with E-state index in [0.717, 1.165) is 0 Å². The van der Waals surface area contributed by atoms with Crippen LogP contribution in [0.1, 0.15) is 37.6 Å². The third-order valence-electron chi connectivity index (χ3n) is 4.55. The summed E-state index contributed by atoms with van der Waals surface area (Å²) >= 11 is 0. The highest BCUT2D eigenvalue weighted by atomic mass is 16.5. The highest BCUT2D eigenvalue weighted by Gasteiger charge is 2.46. The van der Waals surface area contributed by atoms with Crippen LogP contribution in [0.5, 0.6) is 0 Å². The standard InChI is InChI=1S/C22H24N2O4/c1-15(2)28-14-8-13-24-19(17-11-6-7-12-23-17)18(21(26)22(24)27)20(25)16-9-4-3-5-10-16/h3-7,9-12,15,19,25H,8,13-14H2,1-2H3. The maximum Gasteiger partial charge on any atom is 0.295 e. The van der Waals surface area contributed by atoms with Gasteiger partial charge in [-0.05, 0) is 32.4 Å². The molecule has 1 fully saturated rings. The number of aliphatic hydroxyl groups is 1. The molecule has 1 amide bonds. The van der Waals surface area contributed by atoms with Crippen molar-refractivity contribution in [1.29, 1.82) is 0 Å². The van der Waals surface area contributed by atoms with Crippen LogP contribution in [-0.4, -0.2) is 45.9 Å². The molecule has 2 heterocycles. The van der Waals surface area contributed by atoms with E-state index in [1.165, 1.54) is 4.90 Å². The first-order valence-electron chi connectivity index (χ1n) is 9.37. The van der Waals surface area contributed by atoms with Gasteiger partial charge in [-0.2, -0.15) is 0 Å². The molecule has 28 heavy (non-hydrogen) atoms. The van der Waals surface area contributed by atoms with E-state index in [9.17, 15) is 14.7 Å². The Labute approximate surface area is 164 Å². The van der Waals surface area contributed by atoms with Gasteiger partial charge >= 0.3 is 0 Å². The molecule has 1 aliphatic heterocycles. The number of hydrogen-bond donors (Lipinski definition) is 1. The van der Waals surface area contributed by atoms with Crippen LogP contribution in [0.15, 0.2) is 60.3 Å². The SMILES string of the molecule is CC(C)OCCCN1C(=O)C(=O)C(=C(O)c2ccccc2)C1c1ccccn1. The minimum absolute atomic E-state index is 0.0691. The van der Waals surface area contributed by atoms with Crippen molar-refractivity contribution < 1.29 is 19.4 Å². The van der Waals surface area contributed by atoms with Gasteiger partial charge in [0.1, 0.15) is 11.8 Å². The second-order valence-electron chi connectivity index (χ2n) is 6.89. The third kappa shape index (κ3) is 4.12. The first-order chi connectivity index (χ1) is 13.5. The van der Waals surface area contributed by atoms with E-state index in [1.807, 2.05) is 19.9 Å². The van der Waals surface area contributed by atoms with Gasteiger partial charge in [0.05, 0.1) is 17.4 Å². The molecule has 6 nitrogen and oxygen atoms in total. The van der Waals surface area contributed by atoms with Crippen LogP contribution in [-0.2, 0) is 14.3 Å². The molecule has 2 aromatic rings. The van der Waals surface area contributed by atoms with Gasteiger partial charge in [-0.15, -0.1) is 0 Å². The number of aromatic nitrogens is 1. The third-order valence-corrected chi connectivity index (χ3v) is 4.55. The summed E-state index contributed by atoms with van der Waals surface area (Å²) in [5.41, 5.74) is 1.10. The summed E-state index contributed by atoms with van der Waals surface area (Å²) in [6, 6.07) is 13.4. The quantitative estimate of drug-likeness (QED) is 0.345. The zero-order valence-corrected chi connectivity index (χ0v) is 16.0. The second kappa shape index (κ2) is 8.80. The predicted molar refractivity (Wildman–Crippen MR) is 105 cm³/mol. The van der Waals surface area contributed by atoms with Crippen molar-refractivity contribution in [3.63, 3.8) is 0 Å². The number of carbonyl (C=O) groups is 2. The zero-order valence-electron chi connectivity index (χ0n) is 16.0. The van der Waals surface area contributed by atoms with Crippen molar-refractivity contribution in [2.45, 2.75) is 32.4 Å². The lowest BCUT2D eigenvalue weighted by Crippen LogP contribution is -2.31. The zero-order chi connectivity index (χ0) is 20.1. The number of hydrogen-bond acceptors (Lipinski definition) is 5. The average Bonchev–Trinajstić information content (AvgIpc) is 2.96. The molecule has 1 aromatic carbocycles. The highest BCUT2D eigenvalue weighted by molar-refractivity contribution is 6.46. The van der Waals surface area contributed by atoms with Gasteiger partial charge in [0.15, 0.2) is 0 Å². The molecule has 0 radical (unpaired) electrons. The van der Waals surface area contributed by atoms with Crippen molar-refractivity contribution in [2.75, 3.05) is 13.2 Å². The van der Waals surface area contributed by atoms with Crippen LogP contribution < -0.4 is 0 Å². The van der Waals surface area contributed by atoms with Crippen molar-refractivity contribution in [1.82, 2.24) is 9.88 Å². The van der Waals surface area contributed by atoms with E-state index < -0.39 is 17.7 Å². The molecule has 3 rings (SSSR count). The molecule has 1 unspecified atom stereocenters. The Balaban J connectivity index is 1.99. The van der Waals surface area contributed by atoms with Crippen LogP contribution in [0.3, 0.4) is 0 Å². The van der Waals surface area contributed by atoms with Crippen molar-refractivity contribution in [3.05, 3.63) is 71.6 Å². The van der Waals surface area contributed by atoms with Gasteiger partial charge in [0.2, 0.25) is 0 Å². The first-order valence-corrected chi connectivity index (χ1v) is 9.37. The second-order valence-corrected chi connectivity index (χ2v) is 6.89. The molecule has 1 aromatic heterocycles. The molecule has 0 aliphatic carbocycles. The van der Waals surface area contributed by atoms with Crippen molar-refractivity contribution in [3.8, 4) is 0 Å². The molecule has 146 valence electrons. The fourth-order valence-corrected chi connectivity index (χ4v) is 3.26. The van der Waals surface area contributed by atoms with Gasteiger partial charge in [-0.25, -0.2) is 0 Å². The summed E-state index contributed by atoms with van der Waals surface area (Å²) in [7, 11) is 0. The molecule has 0 spiro atoms. The molecule has 1 aliphatic rings. The van der Waals surface area contributed by atoms with Crippen molar-refractivity contribution in [2.24, 2.45) is 0 Å². The molecule has 1 atom stereocenters. The fourth-order valence-electron chi connectivity index (χ4n) is 3.26. The molecule has 6 heteroatoms. The Bertz CT molecular complexity index is 863. The predicted octanol–water partition coefficient (Wildman–Crippen LogP) is 3.32. The minimum atomic E-state index is -0.722. The maximum atomic E-state index is 12.8. The largest absolute Gasteiger partial charge is 0.507 e. The number of Topliss-reactive ketones (excluding diaryl/α,β-unsaturated/α-hetero) is 1. The highest BCUT2D eigenvalue weighted by Crippen LogP contribution is 2.38. The fraction of sp³-hybridized carbons (Fsp3) is 0.318. The van der Waals surface area contributed by atoms with E-state index in [1.54, 1.807) is 48.7 Å². The topological polar surface area (TPSA) is 79.7 Å². The van der Waals surface area contributed by atoms with Gasteiger partial charge in [-0.1, -0.05) is 36.4 Å². The number of ether oxygens (including phenoxy) is 1. The Morgan fingerprint density at radius 3 is 2.50 bits per heavy atom. The molecule has 1 saturated heterocycles. The van der Waals surface area contributed by atoms with Crippen LogP contribution in [0, 0.1) is 0 Å². The Morgan fingerprint density at radius 2 is 1.86 bits per heavy atom. The number of nitrogens with zero attached hydrogens (tertiary/aromatic N) is 2. The first kappa shape index (κ1) is 19.8. The summed E-state index contributed by atoms with van der Waals surface area (Å²) in [4.78, 5) is 31.3. The number of benzene rings is 1. The molecule has 0 saturated carbocycles. The van der Waals surface area contributed by atoms with Gasteiger partial charge in [0, 0.05) is 24.9 Å². The summed E-state index contributed by atoms with van der Waals surface area (Å²) in [6.45, 7) is 4.71. The molecular weight excluding hydrogens is 356 g/mol.